The molecule has 0 bridgehead atoms. The van der Waals surface area contributed by atoms with E-state index in [1.54, 1.807) is 12.1 Å². The molecule has 0 aliphatic heterocycles. The molecule has 3 N–H and O–H groups in total. The fourth-order valence-corrected chi connectivity index (χ4v) is 1.98. The average molecular weight is 278 g/mol. The summed E-state index contributed by atoms with van der Waals surface area (Å²) in [6, 6.07) is 12.7. The zero-order valence-electron chi connectivity index (χ0n) is 10.6. The van der Waals surface area contributed by atoms with Gasteiger partial charge < -0.3 is 15.5 Å². The first-order valence-corrected chi connectivity index (χ1v) is 6.44. The molecule has 2 rings (SSSR count). The second kappa shape index (κ2) is 5.95. The third-order valence-corrected chi connectivity index (χ3v) is 3.32. The first kappa shape index (κ1) is 13.7. The summed E-state index contributed by atoms with van der Waals surface area (Å²) in [5.74, 6) is -0.170. The number of hydrogen-bond donors (Lipinski definition) is 3. The van der Waals surface area contributed by atoms with Gasteiger partial charge >= 0.3 is 0 Å². The van der Waals surface area contributed by atoms with Crippen LogP contribution in [0, 0.1) is 0 Å². The van der Waals surface area contributed by atoms with E-state index >= 15 is 0 Å². The number of halogens is 1. The Morgan fingerprint density at radius 2 is 1.79 bits per heavy atom. The van der Waals surface area contributed by atoms with Gasteiger partial charge in [-0.2, -0.15) is 0 Å². The maximum Gasteiger partial charge on any atom is 0.161 e. The predicted molar refractivity (Wildman–Crippen MR) is 76.5 cm³/mol. The van der Waals surface area contributed by atoms with E-state index in [0.717, 1.165) is 5.56 Å². The van der Waals surface area contributed by atoms with Gasteiger partial charge in [0.2, 0.25) is 0 Å². The Morgan fingerprint density at radius 3 is 2.47 bits per heavy atom. The van der Waals surface area contributed by atoms with Crippen LogP contribution in [0.25, 0.3) is 0 Å². The summed E-state index contributed by atoms with van der Waals surface area (Å²) in [7, 11) is 0. The number of rotatable bonds is 4. The molecular weight excluding hydrogens is 262 g/mol. The maximum atomic E-state index is 9.71. The Balaban J connectivity index is 2.02. The Kier molecular flexibility index (Phi) is 4.30. The van der Waals surface area contributed by atoms with Crippen LogP contribution in [0.4, 0.5) is 0 Å². The van der Waals surface area contributed by atoms with Crippen LogP contribution in [0.2, 0.25) is 5.02 Å². The van der Waals surface area contributed by atoms with Gasteiger partial charge in [-0.25, -0.2) is 0 Å². The standard InChI is InChI=1S/C15H16ClNO2/c1-10(11-5-7-13(16)8-6-11)17-9-12-3-2-4-14(18)15(12)19/h2-8,10,17-19H,9H2,1H3. The van der Waals surface area contributed by atoms with E-state index in [2.05, 4.69) is 5.32 Å². The SMILES string of the molecule is CC(NCc1cccc(O)c1O)c1ccc(Cl)cc1. The van der Waals surface area contributed by atoms with E-state index in [4.69, 9.17) is 11.6 Å². The fraction of sp³-hybridized carbons (Fsp3) is 0.200. The van der Waals surface area contributed by atoms with Gasteiger partial charge in [-0.05, 0) is 30.7 Å². The van der Waals surface area contributed by atoms with Crippen molar-refractivity contribution in [1.82, 2.24) is 5.32 Å². The first-order chi connectivity index (χ1) is 9.08. The lowest BCUT2D eigenvalue weighted by Gasteiger charge is -2.15. The molecule has 0 aliphatic carbocycles. The topological polar surface area (TPSA) is 52.5 Å². The highest BCUT2D eigenvalue weighted by Gasteiger charge is 2.08. The lowest BCUT2D eigenvalue weighted by atomic mass is 10.1. The van der Waals surface area contributed by atoms with Gasteiger partial charge in [0, 0.05) is 23.2 Å². The van der Waals surface area contributed by atoms with Gasteiger partial charge in [0.25, 0.3) is 0 Å². The lowest BCUT2D eigenvalue weighted by Crippen LogP contribution is -2.18. The number of phenolic OH excluding ortho intramolecular Hbond substituents is 2. The highest BCUT2D eigenvalue weighted by molar-refractivity contribution is 6.30. The van der Waals surface area contributed by atoms with Crippen LogP contribution in [-0.4, -0.2) is 10.2 Å². The van der Waals surface area contributed by atoms with Gasteiger partial charge in [0.05, 0.1) is 0 Å². The van der Waals surface area contributed by atoms with Gasteiger partial charge in [-0.3, -0.25) is 0 Å². The average Bonchev–Trinajstić information content (AvgIpc) is 2.41. The molecule has 0 fully saturated rings. The number of benzene rings is 2. The van der Waals surface area contributed by atoms with Crippen molar-refractivity contribution < 1.29 is 10.2 Å². The molecule has 0 aliphatic rings. The lowest BCUT2D eigenvalue weighted by molar-refractivity contribution is 0.396. The van der Waals surface area contributed by atoms with Gasteiger partial charge in [0.15, 0.2) is 11.5 Å². The molecule has 0 radical (unpaired) electrons. The number of aromatic hydroxyl groups is 2. The minimum Gasteiger partial charge on any atom is -0.504 e. The molecule has 2 aromatic rings. The molecule has 0 heterocycles. The first-order valence-electron chi connectivity index (χ1n) is 6.06. The summed E-state index contributed by atoms with van der Waals surface area (Å²) in [5.41, 5.74) is 1.78. The molecule has 0 spiro atoms. The summed E-state index contributed by atoms with van der Waals surface area (Å²) < 4.78 is 0. The summed E-state index contributed by atoms with van der Waals surface area (Å²) in [6.45, 7) is 2.51. The van der Waals surface area contributed by atoms with Crippen molar-refractivity contribution in [3.05, 3.63) is 58.6 Å². The van der Waals surface area contributed by atoms with Crippen molar-refractivity contribution in [2.24, 2.45) is 0 Å². The number of nitrogens with one attached hydrogen (secondary N) is 1. The van der Waals surface area contributed by atoms with E-state index in [9.17, 15) is 10.2 Å². The van der Waals surface area contributed by atoms with Crippen LogP contribution < -0.4 is 5.32 Å². The summed E-state index contributed by atoms with van der Waals surface area (Å²) in [6.07, 6.45) is 0. The van der Waals surface area contributed by atoms with E-state index in [0.29, 0.717) is 17.1 Å². The molecule has 4 heteroatoms. The van der Waals surface area contributed by atoms with E-state index in [-0.39, 0.29) is 17.5 Å². The summed E-state index contributed by atoms with van der Waals surface area (Å²) in [4.78, 5) is 0. The smallest absolute Gasteiger partial charge is 0.161 e. The van der Waals surface area contributed by atoms with Crippen LogP contribution >= 0.6 is 11.6 Å². The third-order valence-electron chi connectivity index (χ3n) is 3.07. The Morgan fingerprint density at radius 1 is 1.11 bits per heavy atom. The second-order valence-electron chi connectivity index (χ2n) is 4.44. The third kappa shape index (κ3) is 3.40. The van der Waals surface area contributed by atoms with Crippen molar-refractivity contribution in [3.63, 3.8) is 0 Å². The van der Waals surface area contributed by atoms with Crippen molar-refractivity contribution in [3.8, 4) is 11.5 Å². The quantitative estimate of drug-likeness (QED) is 0.749. The molecule has 0 aromatic heterocycles. The number of para-hydroxylation sites is 1. The molecule has 0 saturated heterocycles. The highest BCUT2D eigenvalue weighted by Crippen LogP contribution is 2.28. The maximum absolute atomic E-state index is 9.71. The molecule has 1 unspecified atom stereocenters. The van der Waals surface area contributed by atoms with Crippen LogP contribution in [-0.2, 0) is 6.54 Å². The molecule has 0 amide bonds. The normalized spacial score (nSPS) is 12.3. The van der Waals surface area contributed by atoms with Crippen LogP contribution in [0.15, 0.2) is 42.5 Å². The zero-order valence-corrected chi connectivity index (χ0v) is 11.4. The monoisotopic (exact) mass is 277 g/mol. The summed E-state index contributed by atoms with van der Waals surface area (Å²) >= 11 is 5.85. The van der Waals surface area contributed by atoms with E-state index in [1.807, 2.05) is 31.2 Å². The van der Waals surface area contributed by atoms with Gasteiger partial charge in [-0.1, -0.05) is 35.9 Å². The molecule has 19 heavy (non-hydrogen) atoms. The van der Waals surface area contributed by atoms with Crippen LogP contribution in [0.5, 0.6) is 11.5 Å². The number of hydrogen-bond acceptors (Lipinski definition) is 3. The Hall–Kier alpha value is -1.71. The van der Waals surface area contributed by atoms with Crippen molar-refractivity contribution in [1.29, 1.82) is 0 Å². The second-order valence-corrected chi connectivity index (χ2v) is 4.88. The van der Waals surface area contributed by atoms with Crippen molar-refractivity contribution >= 4 is 11.6 Å². The molecule has 2 aromatic carbocycles. The minimum atomic E-state index is -0.0987. The molecule has 3 nitrogen and oxygen atoms in total. The van der Waals surface area contributed by atoms with E-state index in [1.165, 1.54) is 6.07 Å². The molecule has 100 valence electrons. The molecular formula is C15H16ClNO2. The largest absolute Gasteiger partial charge is 0.504 e. The number of phenols is 2. The van der Waals surface area contributed by atoms with E-state index < -0.39 is 0 Å². The van der Waals surface area contributed by atoms with Gasteiger partial charge in [0.1, 0.15) is 0 Å². The summed E-state index contributed by atoms with van der Waals surface area (Å²) in [5, 5.41) is 23.1. The molecule has 0 saturated carbocycles. The fourth-order valence-electron chi connectivity index (χ4n) is 1.85. The Bertz CT molecular complexity index is 555. The zero-order chi connectivity index (χ0) is 13.8. The van der Waals surface area contributed by atoms with Crippen LogP contribution in [0.3, 0.4) is 0 Å². The van der Waals surface area contributed by atoms with Crippen molar-refractivity contribution in [2.45, 2.75) is 19.5 Å². The Labute approximate surface area is 117 Å². The van der Waals surface area contributed by atoms with Crippen molar-refractivity contribution in [2.75, 3.05) is 0 Å². The van der Waals surface area contributed by atoms with Gasteiger partial charge in [-0.15, -0.1) is 0 Å². The predicted octanol–water partition coefficient (Wildman–Crippen LogP) is 3.60. The van der Waals surface area contributed by atoms with Crippen LogP contribution in [0.1, 0.15) is 24.1 Å². The molecule has 1 atom stereocenters. The minimum absolute atomic E-state index is 0.0710. The highest BCUT2D eigenvalue weighted by atomic mass is 35.5.